The Hall–Kier alpha value is -0.990. The van der Waals surface area contributed by atoms with Crippen LogP contribution >= 0.6 is 0 Å². The Balaban J connectivity index is 3.20. The van der Waals surface area contributed by atoms with E-state index in [4.69, 9.17) is 0 Å². The zero-order chi connectivity index (χ0) is 10.1. The van der Waals surface area contributed by atoms with Crippen molar-refractivity contribution in [2.24, 2.45) is 0 Å². The third-order valence-corrected chi connectivity index (χ3v) is 1.90. The van der Waals surface area contributed by atoms with E-state index in [0.717, 1.165) is 0 Å². The molecular formula is C10H13F2N. The Kier molecular flexibility index (Phi) is 2.64. The van der Waals surface area contributed by atoms with Crippen molar-refractivity contribution >= 4 is 0 Å². The molecule has 0 unspecified atom stereocenters. The molecule has 72 valence electrons. The van der Waals surface area contributed by atoms with Crippen LogP contribution in [0.3, 0.4) is 0 Å². The summed E-state index contributed by atoms with van der Waals surface area (Å²) in [5.41, 5.74) is 0.424. The van der Waals surface area contributed by atoms with Crippen LogP contribution in [0, 0.1) is 0 Å². The first-order valence-corrected chi connectivity index (χ1v) is 4.15. The van der Waals surface area contributed by atoms with Crippen LogP contribution < -0.4 is 0 Å². The summed E-state index contributed by atoms with van der Waals surface area (Å²) in [6, 6.07) is 1.38. The lowest BCUT2D eigenvalue weighted by Gasteiger charge is -2.21. The third kappa shape index (κ3) is 2.23. The largest absolute Gasteiger partial charge is 0.264 e. The first-order chi connectivity index (χ1) is 5.93. The van der Waals surface area contributed by atoms with Gasteiger partial charge < -0.3 is 0 Å². The number of halogens is 2. The summed E-state index contributed by atoms with van der Waals surface area (Å²) in [5.74, 6) is 0. The van der Waals surface area contributed by atoms with Crippen molar-refractivity contribution in [2.45, 2.75) is 32.6 Å². The molecule has 0 spiro atoms. The van der Waals surface area contributed by atoms with E-state index in [1.807, 2.05) is 20.8 Å². The molecule has 0 aliphatic carbocycles. The molecule has 0 saturated heterocycles. The van der Waals surface area contributed by atoms with Gasteiger partial charge >= 0.3 is 0 Å². The number of hydrogen-bond acceptors (Lipinski definition) is 1. The molecule has 1 nitrogen and oxygen atoms in total. The van der Waals surface area contributed by atoms with Crippen LogP contribution in [0.5, 0.6) is 0 Å². The van der Waals surface area contributed by atoms with E-state index >= 15 is 0 Å². The molecule has 3 heteroatoms. The predicted octanol–water partition coefficient (Wildman–Crippen LogP) is 3.32. The lowest BCUT2D eigenvalue weighted by atomic mass is 9.85. The van der Waals surface area contributed by atoms with E-state index in [9.17, 15) is 8.78 Å². The summed E-state index contributed by atoms with van der Waals surface area (Å²) in [4.78, 5) is 3.86. The minimum atomic E-state index is -2.42. The molecule has 0 aromatic carbocycles. The second-order valence-corrected chi connectivity index (χ2v) is 4.01. The predicted molar refractivity (Wildman–Crippen MR) is 47.9 cm³/mol. The number of aromatic nitrogens is 1. The molecule has 0 aliphatic heterocycles. The maximum atomic E-state index is 12.5. The summed E-state index contributed by atoms with van der Waals surface area (Å²) < 4.78 is 25.1. The highest BCUT2D eigenvalue weighted by atomic mass is 19.3. The van der Waals surface area contributed by atoms with Gasteiger partial charge in [-0.25, -0.2) is 8.78 Å². The van der Waals surface area contributed by atoms with Crippen LogP contribution in [0.4, 0.5) is 8.78 Å². The van der Waals surface area contributed by atoms with E-state index in [2.05, 4.69) is 4.98 Å². The first kappa shape index (κ1) is 10.1. The molecule has 1 rings (SSSR count). The van der Waals surface area contributed by atoms with Crippen LogP contribution in [0.25, 0.3) is 0 Å². The molecule has 1 heterocycles. The molecule has 0 fully saturated rings. The Morgan fingerprint density at radius 2 is 1.92 bits per heavy atom. The molecule has 13 heavy (non-hydrogen) atoms. The lowest BCUT2D eigenvalue weighted by molar-refractivity contribution is 0.148. The quantitative estimate of drug-likeness (QED) is 0.654. The second kappa shape index (κ2) is 3.40. The fraction of sp³-hybridized carbons (Fsp3) is 0.500. The number of hydrogen-bond donors (Lipinski definition) is 0. The van der Waals surface area contributed by atoms with E-state index in [-0.39, 0.29) is 11.0 Å². The van der Waals surface area contributed by atoms with Crippen molar-refractivity contribution < 1.29 is 8.78 Å². The van der Waals surface area contributed by atoms with Gasteiger partial charge in [-0.3, -0.25) is 4.98 Å². The smallest absolute Gasteiger partial charge is 0.264 e. The first-order valence-electron chi connectivity index (χ1n) is 4.15. The van der Waals surface area contributed by atoms with E-state index in [1.54, 1.807) is 0 Å². The number of rotatable bonds is 1. The van der Waals surface area contributed by atoms with Crippen LogP contribution in [-0.4, -0.2) is 4.98 Å². The highest BCUT2D eigenvalue weighted by molar-refractivity contribution is 5.30. The van der Waals surface area contributed by atoms with Crippen LogP contribution in [0.1, 0.15) is 38.3 Å². The summed E-state index contributed by atoms with van der Waals surface area (Å²) >= 11 is 0. The van der Waals surface area contributed by atoms with Crippen molar-refractivity contribution in [3.8, 4) is 0 Å². The Morgan fingerprint density at radius 3 is 2.31 bits per heavy atom. The van der Waals surface area contributed by atoms with Crippen molar-refractivity contribution in [2.75, 3.05) is 0 Å². The maximum absolute atomic E-state index is 12.5. The minimum absolute atomic E-state index is 0.0856. The van der Waals surface area contributed by atoms with Gasteiger partial charge in [-0.2, -0.15) is 0 Å². The van der Waals surface area contributed by atoms with Gasteiger partial charge in [0.2, 0.25) is 0 Å². The van der Waals surface area contributed by atoms with Crippen LogP contribution in [0.2, 0.25) is 0 Å². The molecular weight excluding hydrogens is 172 g/mol. The lowest BCUT2D eigenvalue weighted by Crippen LogP contribution is -2.14. The minimum Gasteiger partial charge on any atom is -0.264 e. The van der Waals surface area contributed by atoms with Gasteiger partial charge in [0.25, 0.3) is 6.43 Å². The van der Waals surface area contributed by atoms with E-state index < -0.39 is 6.43 Å². The standard InChI is InChI=1S/C10H13F2N/c1-10(2,3)8-6-13-5-4-7(8)9(11)12/h4-6,9H,1-3H3. The Bertz CT molecular complexity index is 289. The molecule has 0 N–H and O–H groups in total. The van der Waals surface area contributed by atoms with Crippen LogP contribution in [-0.2, 0) is 5.41 Å². The van der Waals surface area contributed by atoms with Gasteiger partial charge in [-0.1, -0.05) is 20.8 Å². The molecule has 0 aliphatic rings. The van der Waals surface area contributed by atoms with Crippen molar-refractivity contribution in [1.29, 1.82) is 0 Å². The number of nitrogens with zero attached hydrogens (tertiary/aromatic N) is 1. The molecule has 0 atom stereocenters. The molecule has 0 bridgehead atoms. The van der Waals surface area contributed by atoms with E-state index in [1.165, 1.54) is 18.5 Å². The fourth-order valence-electron chi connectivity index (χ4n) is 1.22. The van der Waals surface area contributed by atoms with Gasteiger partial charge in [0.05, 0.1) is 0 Å². The van der Waals surface area contributed by atoms with Gasteiger partial charge in [0.1, 0.15) is 0 Å². The van der Waals surface area contributed by atoms with Crippen LogP contribution in [0.15, 0.2) is 18.5 Å². The highest BCUT2D eigenvalue weighted by Gasteiger charge is 2.22. The molecule has 0 saturated carbocycles. The second-order valence-electron chi connectivity index (χ2n) is 4.01. The zero-order valence-electron chi connectivity index (χ0n) is 8.01. The van der Waals surface area contributed by atoms with Gasteiger partial charge in [0, 0.05) is 18.0 Å². The number of alkyl halides is 2. The average Bonchev–Trinajstić information content (AvgIpc) is 2.03. The van der Waals surface area contributed by atoms with Crippen molar-refractivity contribution in [3.63, 3.8) is 0 Å². The molecule has 1 aromatic rings. The van der Waals surface area contributed by atoms with Crippen molar-refractivity contribution in [3.05, 3.63) is 29.6 Å². The highest BCUT2D eigenvalue weighted by Crippen LogP contribution is 2.30. The van der Waals surface area contributed by atoms with Gasteiger partial charge in [0.15, 0.2) is 0 Å². The normalized spacial score (nSPS) is 12.2. The number of pyridine rings is 1. The van der Waals surface area contributed by atoms with Gasteiger partial charge in [-0.15, -0.1) is 0 Å². The average molecular weight is 185 g/mol. The molecule has 1 aromatic heterocycles. The van der Waals surface area contributed by atoms with Crippen molar-refractivity contribution in [1.82, 2.24) is 4.98 Å². The monoisotopic (exact) mass is 185 g/mol. The SMILES string of the molecule is CC(C)(C)c1cnccc1C(F)F. The topological polar surface area (TPSA) is 12.9 Å². The summed E-state index contributed by atoms with van der Waals surface area (Å²) in [5, 5.41) is 0. The summed E-state index contributed by atoms with van der Waals surface area (Å²) in [7, 11) is 0. The summed E-state index contributed by atoms with van der Waals surface area (Å²) in [6.45, 7) is 5.70. The zero-order valence-corrected chi connectivity index (χ0v) is 8.01. The Labute approximate surface area is 76.8 Å². The Morgan fingerprint density at radius 1 is 1.31 bits per heavy atom. The third-order valence-electron chi connectivity index (χ3n) is 1.90. The maximum Gasteiger partial charge on any atom is 0.264 e. The van der Waals surface area contributed by atoms with E-state index in [0.29, 0.717) is 5.56 Å². The molecule has 0 radical (unpaired) electrons. The summed E-state index contributed by atoms with van der Waals surface area (Å²) in [6.07, 6.45) is 0.496. The van der Waals surface area contributed by atoms with Gasteiger partial charge in [-0.05, 0) is 17.0 Å². The molecule has 0 amide bonds. The fourth-order valence-corrected chi connectivity index (χ4v) is 1.22.